The maximum atomic E-state index is 12.7. The summed E-state index contributed by atoms with van der Waals surface area (Å²) < 4.78 is 17.4. The summed E-state index contributed by atoms with van der Waals surface area (Å²) in [7, 11) is 0. The van der Waals surface area contributed by atoms with Crippen LogP contribution in [0.25, 0.3) is 0 Å². The van der Waals surface area contributed by atoms with E-state index in [0.29, 0.717) is 26.1 Å². The molecule has 5 nitrogen and oxygen atoms in total. The molecule has 0 aliphatic heterocycles. The molecule has 0 rings (SSSR count). The number of allylic oxidation sites excluding steroid dienone is 2. The predicted octanol–water partition coefficient (Wildman–Crippen LogP) is 16.7. The first-order chi connectivity index (χ1) is 27.6. The minimum atomic E-state index is -0.526. The summed E-state index contributed by atoms with van der Waals surface area (Å²) in [5, 5.41) is 0. The lowest BCUT2D eigenvalue weighted by Crippen LogP contribution is -2.30. The fraction of sp³-hybridized carbons (Fsp3) is 0.922. The molecule has 0 N–H and O–H groups in total. The molecule has 0 aliphatic carbocycles. The Morgan fingerprint density at radius 1 is 0.375 bits per heavy atom. The third kappa shape index (κ3) is 45.3. The second-order valence-corrected chi connectivity index (χ2v) is 17.1. The Morgan fingerprint density at radius 3 is 1.09 bits per heavy atom. The number of unbranched alkanes of at least 4 members (excludes halogenated alkanes) is 34. The standard InChI is InChI=1S/C51H98O5/c1-4-7-10-13-16-19-22-24-25-26-27-28-30-32-35-38-41-44-50(52)55-48-49(47-54-46-43-40-37-34-31-23-20-17-14-11-8-5-2)56-51(53)45-42-39-36-33-29-21-18-15-12-9-6-3/h24-25,49H,4-23,26-48H2,1-3H3/b25-24-. The first-order valence-electron chi connectivity index (χ1n) is 25.2. The van der Waals surface area contributed by atoms with Crippen LogP contribution in [0.1, 0.15) is 278 Å². The molecule has 0 aliphatic rings. The van der Waals surface area contributed by atoms with E-state index in [2.05, 4.69) is 32.9 Å². The summed E-state index contributed by atoms with van der Waals surface area (Å²) in [6.45, 7) is 7.87. The lowest BCUT2D eigenvalue weighted by atomic mass is 10.1. The summed E-state index contributed by atoms with van der Waals surface area (Å²) in [4.78, 5) is 25.3. The average molecular weight is 791 g/mol. The largest absolute Gasteiger partial charge is 0.462 e. The van der Waals surface area contributed by atoms with Crippen molar-refractivity contribution in [3.63, 3.8) is 0 Å². The summed E-state index contributed by atoms with van der Waals surface area (Å²) >= 11 is 0. The van der Waals surface area contributed by atoms with Crippen LogP contribution >= 0.6 is 0 Å². The lowest BCUT2D eigenvalue weighted by molar-refractivity contribution is -0.163. The first-order valence-corrected chi connectivity index (χ1v) is 25.2. The maximum absolute atomic E-state index is 12.7. The van der Waals surface area contributed by atoms with Crippen molar-refractivity contribution in [2.45, 2.75) is 284 Å². The SMILES string of the molecule is CCCCCCCC/C=C\CCCCCCCCCC(=O)OCC(COCCCCCCCCCCCCCC)OC(=O)CCCCCCCCCCCCC. The second kappa shape index (κ2) is 48.0. The van der Waals surface area contributed by atoms with Gasteiger partial charge in [0.2, 0.25) is 0 Å². The van der Waals surface area contributed by atoms with E-state index in [-0.39, 0.29) is 18.5 Å². The van der Waals surface area contributed by atoms with Gasteiger partial charge in [0.05, 0.1) is 6.61 Å². The van der Waals surface area contributed by atoms with Gasteiger partial charge in [-0.3, -0.25) is 9.59 Å². The Labute approximate surface area is 350 Å². The molecule has 0 aromatic rings. The molecule has 56 heavy (non-hydrogen) atoms. The zero-order valence-electron chi connectivity index (χ0n) is 38.2. The van der Waals surface area contributed by atoms with Gasteiger partial charge in [-0.1, -0.05) is 232 Å². The van der Waals surface area contributed by atoms with Gasteiger partial charge in [-0.2, -0.15) is 0 Å². The molecule has 0 fully saturated rings. The fourth-order valence-electron chi connectivity index (χ4n) is 7.51. The molecule has 0 heterocycles. The van der Waals surface area contributed by atoms with Crippen molar-refractivity contribution in [2.75, 3.05) is 19.8 Å². The van der Waals surface area contributed by atoms with Crippen molar-refractivity contribution in [1.82, 2.24) is 0 Å². The van der Waals surface area contributed by atoms with Crippen LogP contribution in [0.4, 0.5) is 0 Å². The fourth-order valence-corrected chi connectivity index (χ4v) is 7.51. The lowest BCUT2D eigenvalue weighted by Gasteiger charge is -2.18. The van der Waals surface area contributed by atoms with E-state index < -0.39 is 6.10 Å². The summed E-state index contributed by atoms with van der Waals surface area (Å²) in [5.41, 5.74) is 0. The molecule has 0 saturated heterocycles. The second-order valence-electron chi connectivity index (χ2n) is 17.1. The van der Waals surface area contributed by atoms with E-state index in [1.54, 1.807) is 0 Å². The number of esters is 2. The summed E-state index contributed by atoms with van der Waals surface area (Å²) in [6, 6.07) is 0. The van der Waals surface area contributed by atoms with Crippen LogP contribution < -0.4 is 0 Å². The normalized spacial score (nSPS) is 12.1. The van der Waals surface area contributed by atoms with Crippen LogP contribution in [-0.4, -0.2) is 37.9 Å². The van der Waals surface area contributed by atoms with Crippen molar-refractivity contribution in [2.24, 2.45) is 0 Å². The number of ether oxygens (including phenoxy) is 3. The van der Waals surface area contributed by atoms with Crippen molar-refractivity contribution in [3.05, 3.63) is 12.2 Å². The van der Waals surface area contributed by atoms with Crippen LogP contribution in [-0.2, 0) is 23.8 Å². The van der Waals surface area contributed by atoms with Gasteiger partial charge < -0.3 is 14.2 Å². The molecule has 0 spiro atoms. The smallest absolute Gasteiger partial charge is 0.306 e. The predicted molar refractivity (Wildman–Crippen MR) is 242 cm³/mol. The van der Waals surface area contributed by atoms with Crippen LogP contribution in [0.3, 0.4) is 0 Å². The summed E-state index contributed by atoms with van der Waals surface area (Å²) in [5.74, 6) is -0.384. The topological polar surface area (TPSA) is 61.8 Å². The highest BCUT2D eigenvalue weighted by Crippen LogP contribution is 2.15. The van der Waals surface area contributed by atoms with E-state index >= 15 is 0 Å². The summed E-state index contributed by atoms with van der Waals surface area (Å²) in [6.07, 6.45) is 53.5. The molecular weight excluding hydrogens is 693 g/mol. The van der Waals surface area contributed by atoms with E-state index in [9.17, 15) is 9.59 Å². The Kier molecular flexibility index (Phi) is 46.8. The molecule has 0 amide bonds. The minimum Gasteiger partial charge on any atom is -0.462 e. The highest BCUT2D eigenvalue weighted by atomic mass is 16.6. The third-order valence-corrected chi connectivity index (χ3v) is 11.3. The highest BCUT2D eigenvalue weighted by Gasteiger charge is 2.17. The van der Waals surface area contributed by atoms with Crippen LogP contribution in [0.15, 0.2) is 12.2 Å². The molecule has 0 radical (unpaired) electrons. The van der Waals surface area contributed by atoms with Crippen molar-refractivity contribution in [3.8, 4) is 0 Å². The molecule has 1 atom stereocenters. The number of carbonyl (C=O) groups excluding carboxylic acids is 2. The molecule has 0 bridgehead atoms. The van der Waals surface area contributed by atoms with Gasteiger partial charge >= 0.3 is 11.9 Å². The van der Waals surface area contributed by atoms with Crippen molar-refractivity contribution in [1.29, 1.82) is 0 Å². The van der Waals surface area contributed by atoms with Gasteiger partial charge in [0.15, 0.2) is 6.10 Å². The van der Waals surface area contributed by atoms with E-state index in [4.69, 9.17) is 14.2 Å². The van der Waals surface area contributed by atoms with Gasteiger partial charge in [-0.15, -0.1) is 0 Å². The Bertz CT molecular complexity index is 810. The van der Waals surface area contributed by atoms with Gasteiger partial charge in [-0.25, -0.2) is 0 Å². The first kappa shape index (κ1) is 54.6. The minimum absolute atomic E-state index is 0.0919. The third-order valence-electron chi connectivity index (χ3n) is 11.3. The number of rotatable bonds is 47. The Hall–Kier alpha value is -1.36. The molecule has 1 unspecified atom stereocenters. The van der Waals surface area contributed by atoms with E-state index in [1.807, 2.05) is 0 Å². The van der Waals surface area contributed by atoms with Crippen LogP contribution in [0, 0.1) is 0 Å². The Morgan fingerprint density at radius 2 is 0.696 bits per heavy atom. The molecule has 0 saturated carbocycles. The van der Waals surface area contributed by atoms with Crippen LogP contribution in [0.5, 0.6) is 0 Å². The number of hydrogen-bond donors (Lipinski definition) is 0. The van der Waals surface area contributed by atoms with E-state index in [1.165, 1.54) is 212 Å². The molecule has 0 aromatic carbocycles. The quantitative estimate of drug-likeness (QED) is 0.0349. The van der Waals surface area contributed by atoms with Gasteiger partial charge in [-0.05, 0) is 44.9 Å². The Balaban J connectivity index is 4.17. The van der Waals surface area contributed by atoms with Gasteiger partial charge in [0.1, 0.15) is 6.61 Å². The molecular formula is C51H98O5. The number of hydrogen-bond acceptors (Lipinski definition) is 5. The average Bonchev–Trinajstić information content (AvgIpc) is 3.20. The number of carbonyl (C=O) groups is 2. The molecule has 0 aromatic heterocycles. The van der Waals surface area contributed by atoms with Crippen molar-refractivity contribution < 1.29 is 23.8 Å². The zero-order valence-corrected chi connectivity index (χ0v) is 38.2. The molecule has 5 heteroatoms. The zero-order chi connectivity index (χ0) is 40.7. The molecule has 332 valence electrons. The highest BCUT2D eigenvalue weighted by molar-refractivity contribution is 5.70. The maximum Gasteiger partial charge on any atom is 0.306 e. The monoisotopic (exact) mass is 791 g/mol. The van der Waals surface area contributed by atoms with Gasteiger partial charge in [0.25, 0.3) is 0 Å². The van der Waals surface area contributed by atoms with E-state index in [0.717, 1.165) is 32.1 Å². The van der Waals surface area contributed by atoms with Crippen molar-refractivity contribution >= 4 is 11.9 Å². The van der Waals surface area contributed by atoms with Crippen LogP contribution in [0.2, 0.25) is 0 Å². The van der Waals surface area contributed by atoms with Gasteiger partial charge in [0, 0.05) is 19.4 Å².